The third kappa shape index (κ3) is 8.53. The van der Waals surface area contributed by atoms with Crippen molar-refractivity contribution in [1.82, 2.24) is 20.8 Å². The average molecular weight is 523 g/mol. The average Bonchev–Trinajstić information content (AvgIpc) is 3.43. The Morgan fingerprint density at radius 2 is 1.74 bits per heavy atom. The summed E-state index contributed by atoms with van der Waals surface area (Å²) in [5.41, 5.74) is 3.20. The number of carbonyl (C=O) groups excluding carboxylic acids is 3. The van der Waals surface area contributed by atoms with Crippen molar-refractivity contribution in [3.63, 3.8) is 0 Å². The van der Waals surface area contributed by atoms with Crippen LogP contribution in [-0.2, 0) is 20.7 Å². The van der Waals surface area contributed by atoms with Crippen molar-refractivity contribution in [3.8, 4) is 11.1 Å². The standard InChI is InChI=1S/C28H34N4O6/c1-3-38-28(36)25(33)17-22(16-19-10-12-21(13-11-19)20-8-5-4-6-9-20)30-27(35)24-18-23(31-32-24)26(34)29-14-7-15-37-2/h4-6,8-13,18,22,25,33H,3,7,14-17H2,1-2H3,(H,29,34)(H,30,35)(H,31,32)/t22-,25-/m1/s1. The first-order chi connectivity index (χ1) is 18.4. The van der Waals surface area contributed by atoms with Gasteiger partial charge in [0, 0.05) is 38.8 Å². The van der Waals surface area contributed by atoms with Gasteiger partial charge in [0.2, 0.25) is 0 Å². The molecule has 4 N–H and O–H groups in total. The molecule has 2 aromatic carbocycles. The molecule has 0 saturated heterocycles. The SMILES string of the molecule is CCOC(=O)[C@H](O)C[C@@H](Cc1ccc(-c2ccccc2)cc1)NC(=O)c1cc(C(=O)NCCCOC)[nH]n1. The molecule has 202 valence electrons. The minimum absolute atomic E-state index is 0.0158. The van der Waals surface area contributed by atoms with Gasteiger partial charge in [-0.3, -0.25) is 14.7 Å². The van der Waals surface area contributed by atoms with Gasteiger partial charge < -0.3 is 25.2 Å². The lowest BCUT2D eigenvalue weighted by Crippen LogP contribution is -2.41. The molecule has 38 heavy (non-hydrogen) atoms. The van der Waals surface area contributed by atoms with E-state index in [9.17, 15) is 19.5 Å². The maximum absolute atomic E-state index is 13.0. The molecule has 0 radical (unpaired) electrons. The van der Waals surface area contributed by atoms with E-state index in [-0.39, 0.29) is 30.3 Å². The molecule has 0 saturated carbocycles. The Morgan fingerprint density at radius 1 is 1.03 bits per heavy atom. The van der Waals surface area contributed by atoms with Crippen molar-refractivity contribution in [3.05, 3.63) is 77.6 Å². The fraction of sp³-hybridized carbons (Fsp3) is 0.357. The van der Waals surface area contributed by atoms with Crippen molar-refractivity contribution in [2.75, 3.05) is 26.9 Å². The Hall–Kier alpha value is -4.02. The number of rotatable bonds is 14. The number of nitrogens with one attached hydrogen (secondary N) is 3. The molecular formula is C28H34N4O6. The zero-order valence-electron chi connectivity index (χ0n) is 21.6. The second-order valence-electron chi connectivity index (χ2n) is 8.71. The molecule has 0 aliphatic rings. The van der Waals surface area contributed by atoms with Crippen LogP contribution in [0.2, 0.25) is 0 Å². The highest BCUT2D eigenvalue weighted by atomic mass is 16.5. The third-order valence-electron chi connectivity index (χ3n) is 5.81. The first-order valence-corrected chi connectivity index (χ1v) is 12.5. The summed E-state index contributed by atoms with van der Waals surface area (Å²) < 4.78 is 9.87. The Balaban J connectivity index is 1.68. The van der Waals surface area contributed by atoms with Gasteiger partial charge in [-0.2, -0.15) is 5.10 Å². The molecule has 0 spiro atoms. The molecule has 1 heterocycles. The van der Waals surface area contributed by atoms with E-state index < -0.39 is 24.0 Å². The highest BCUT2D eigenvalue weighted by Gasteiger charge is 2.25. The Kier molecular flexibility index (Phi) is 11.0. The van der Waals surface area contributed by atoms with Gasteiger partial charge in [0.25, 0.3) is 11.8 Å². The monoisotopic (exact) mass is 522 g/mol. The fourth-order valence-electron chi connectivity index (χ4n) is 3.87. The van der Waals surface area contributed by atoms with Gasteiger partial charge in [-0.05, 0) is 36.5 Å². The molecule has 2 amide bonds. The predicted octanol–water partition coefficient (Wildman–Crippen LogP) is 2.50. The molecule has 0 fully saturated rings. The van der Waals surface area contributed by atoms with Gasteiger partial charge in [0.1, 0.15) is 5.69 Å². The van der Waals surface area contributed by atoms with Gasteiger partial charge in [0.15, 0.2) is 11.8 Å². The van der Waals surface area contributed by atoms with E-state index >= 15 is 0 Å². The van der Waals surface area contributed by atoms with Crippen LogP contribution in [0.1, 0.15) is 46.3 Å². The number of H-pyrrole nitrogens is 1. The number of aromatic amines is 1. The van der Waals surface area contributed by atoms with E-state index in [0.29, 0.717) is 26.0 Å². The van der Waals surface area contributed by atoms with E-state index in [4.69, 9.17) is 9.47 Å². The van der Waals surface area contributed by atoms with Crippen LogP contribution in [0.3, 0.4) is 0 Å². The summed E-state index contributed by atoms with van der Waals surface area (Å²) in [6.45, 7) is 2.73. The van der Waals surface area contributed by atoms with Gasteiger partial charge in [0.05, 0.1) is 6.61 Å². The van der Waals surface area contributed by atoms with Crippen LogP contribution in [-0.4, -0.2) is 72.1 Å². The molecule has 0 unspecified atom stereocenters. The van der Waals surface area contributed by atoms with Crippen molar-refractivity contribution in [2.45, 2.75) is 38.3 Å². The number of aromatic nitrogens is 2. The molecule has 2 atom stereocenters. The third-order valence-corrected chi connectivity index (χ3v) is 5.81. The van der Waals surface area contributed by atoms with Crippen LogP contribution in [0.5, 0.6) is 0 Å². The molecule has 0 bridgehead atoms. The molecule has 0 aliphatic heterocycles. The van der Waals surface area contributed by atoms with Crippen molar-refractivity contribution in [1.29, 1.82) is 0 Å². The number of hydrogen-bond donors (Lipinski definition) is 4. The highest BCUT2D eigenvalue weighted by Crippen LogP contribution is 2.20. The predicted molar refractivity (Wildman–Crippen MR) is 142 cm³/mol. The second-order valence-corrected chi connectivity index (χ2v) is 8.71. The Labute approximate surface area is 221 Å². The van der Waals surface area contributed by atoms with Crippen LogP contribution in [0.4, 0.5) is 0 Å². The largest absolute Gasteiger partial charge is 0.464 e. The van der Waals surface area contributed by atoms with Crippen LogP contribution in [0.25, 0.3) is 11.1 Å². The van der Waals surface area contributed by atoms with Crippen molar-refractivity contribution < 1.29 is 29.0 Å². The summed E-state index contributed by atoms with van der Waals surface area (Å²) >= 11 is 0. The summed E-state index contributed by atoms with van der Waals surface area (Å²) in [6, 6.07) is 18.5. The number of esters is 1. The lowest BCUT2D eigenvalue weighted by Gasteiger charge is -2.21. The fourth-order valence-corrected chi connectivity index (χ4v) is 3.87. The lowest BCUT2D eigenvalue weighted by atomic mass is 9.97. The number of ether oxygens (including phenoxy) is 2. The molecule has 3 aromatic rings. The van der Waals surface area contributed by atoms with Crippen LogP contribution in [0, 0.1) is 0 Å². The maximum Gasteiger partial charge on any atom is 0.335 e. The Morgan fingerprint density at radius 3 is 2.42 bits per heavy atom. The number of carbonyl (C=O) groups is 3. The number of aliphatic hydroxyl groups is 1. The van der Waals surface area contributed by atoms with E-state index in [2.05, 4.69) is 20.8 Å². The normalized spacial score (nSPS) is 12.4. The molecular weight excluding hydrogens is 488 g/mol. The molecule has 1 aromatic heterocycles. The van der Waals surface area contributed by atoms with E-state index in [1.54, 1.807) is 14.0 Å². The molecule has 10 heteroatoms. The molecule has 10 nitrogen and oxygen atoms in total. The first-order valence-electron chi connectivity index (χ1n) is 12.5. The highest BCUT2D eigenvalue weighted by molar-refractivity contribution is 5.97. The minimum Gasteiger partial charge on any atom is -0.464 e. The summed E-state index contributed by atoms with van der Waals surface area (Å²) in [5, 5.41) is 22.4. The number of amides is 2. The van der Waals surface area contributed by atoms with E-state index in [1.165, 1.54) is 6.07 Å². The number of nitrogens with zero attached hydrogens (tertiary/aromatic N) is 1. The van der Waals surface area contributed by atoms with Gasteiger partial charge in [-0.25, -0.2) is 4.79 Å². The molecule has 0 aliphatic carbocycles. The Bertz CT molecular complexity index is 1180. The quantitative estimate of drug-likeness (QED) is 0.188. The van der Waals surface area contributed by atoms with Gasteiger partial charge in [-0.15, -0.1) is 0 Å². The van der Waals surface area contributed by atoms with E-state index in [1.807, 2.05) is 54.6 Å². The number of methoxy groups -OCH3 is 1. The van der Waals surface area contributed by atoms with Crippen LogP contribution in [0.15, 0.2) is 60.7 Å². The maximum atomic E-state index is 13.0. The lowest BCUT2D eigenvalue weighted by molar-refractivity contribution is -0.153. The smallest absolute Gasteiger partial charge is 0.335 e. The summed E-state index contributed by atoms with van der Waals surface area (Å²) in [6.07, 6.45) is -0.450. The van der Waals surface area contributed by atoms with Gasteiger partial charge in [-0.1, -0.05) is 54.6 Å². The van der Waals surface area contributed by atoms with E-state index in [0.717, 1.165) is 16.7 Å². The number of aliphatic hydroxyl groups excluding tert-OH is 1. The zero-order valence-corrected chi connectivity index (χ0v) is 21.6. The number of hydrogen-bond acceptors (Lipinski definition) is 7. The minimum atomic E-state index is -1.41. The van der Waals surface area contributed by atoms with Crippen LogP contribution < -0.4 is 10.6 Å². The van der Waals surface area contributed by atoms with Crippen molar-refractivity contribution in [2.24, 2.45) is 0 Å². The molecule has 3 rings (SSSR count). The zero-order chi connectivity index (χ0) is 27.3. The second kappa shape index (κ2) is 14.7. The number of benzene rings is 2. The van der Waals surface area contributed by atoms with Crippen LogP contribution >= 0.6 is 0 Å². The topological polar surface area (TPSA) is 143 Å². The first kappa shape index (κ1) is 28.5. The summed E-state index contributed by atoms with van der Waals surface area (Å²) in [5.74, 6) is -1.68. The summed E-state index contributed by atoms with van der Waals surface area (Å²) in [4.78, 5) is 37.3. The van der Waals surface area contributed by atoms with Gasteiger partial charge >= 0.3 is 5.97 Å². The van der Waals surface area contributed by atoms with Crippen molar-refractivity contribution >= 4 is 17.8 Å². The summed E-state index contributed by atoms with van der Waals surface area (Å²) in [7, 11) is 1.58.